The van der Waals surface area contributed by atoms with Crippen LogP contribution in [0.5, 0.6) is 5.75 Å². The first kappa shape index (κ1) is 21.6. The molecule has 0 radical (unpaired) electrons. The molecule has 2 heterocycles. The van der Waals surface area contributed by atoms with E-state index in [1.165, 1.54) is 10.6 Å². The third-order valence-corrected chi connectivity index (χ3v) is 6.96. The predicted octanol–water partition coefficient (Wildman–Crippen LogP) is 2.89. The molecule has 1 saturated heterocycles. The van der Waals surface area contributed by atoms with Crippen LogP contribution in [0.1, 0.15) is 41.3 Å². The summed E-state index contributed by atoms with van der Waals surface area (Å²) in [7, 11) is -3.34. The number of rotatable bonds is 7. The molecule has 2 atom stereocenters. The highest BCUT2D eigenvalue weighted by Crippen LogP contribution is 2.34. The Morgan fingerprint density at radius 1 is 1.23 bits per heavy atom. The minimum Gasteiger partial charge on any atom is -0.491 e. The molecule has 0 spiro atoms. The smallest absolute Gasteiger partial charge is 0.251 e. The van der Waals surface area contributed by atoms with Crippen molar-refractivity contribution in [3.63, 3.8) is 0 Å². The molecular weight excluding hydrogens is 416 g/mol. The molecule has 2 aliphatic rings. The molecule has 2 unspecified atom stereocenters. The Bertz CT molecular complexity index is 1050. The first-order valence-electron chi connectivity index (χ1n) is 10.5. The topological polar surface area (TPSA) is 84.9 Å². The molecule has 0 saturated carbocycles. The summed E-state index contributed by atoms with van der Waals surface area (Å²) in [4.78, 5) is 12.6. The first-order chi connectivity index (χ1) is 14.8. The molecule has 8 heteroatoms. The van der Waals surface area contributed by atoms with E-state index in [4.69, 9.17) is 9.47 Å². The van der Waals surface area contributed by atoms with Crippen molar-refractivity contribution in [3.05, 3.63) is 59.2 Å². The Morgan fingerprint density at radius 2 is 2.00 bits per heavy atom. The van der Waals surface area contributed by atoms with Crippen LogP contribution in [0, 0.1) is 0 Å². The second kappa shape index (κ2) is 8.88. The van der Waals surface area contributed by atoms with Crippen molar-refractivity contribution < 1.29 is 22.7 Å². The maximum absolute atomic E-state index is 12.6. The molecule has 166 valence electrons. The van der Waals surface area contributed by atoms with Crippen molar-refractivity contribution in [2.24, 2.45) is 0 Å². The van der Waals surface area contributed by atoms with E-state index in [9.17, 15) is 13.2 Å². The molecule has 2 aromatic carbocycles. The highest BCUT2D eigenvalue weighted by Gasteiger charge is 2.32. The van der Waals surface area contributed by atoms with Crippen molar-refractivity contribution in [1.29, 1.82) is 0 Å². The normalized spacial score (nSPS) is 20.5. The van der Waals surface area contributed by atoms with E-state index in [1.54, 1.807) is 18.2 Å². The summed E-state index contributed by atoms with van der Waals surface area (Å²) in [5.74, 6) is 0.598. The van der Waals surface area contributed by atoms with Crippen molar-refractivity contribution >= 4 is 21.6 Å². The summed E-state index contributed by atoms with van der Waals surface area (Å²) >= 11 is 0. The van der Waals surface area contributed by atoms with Crippen LogP contribution < -0.4 is 14.4 Å². The standard InChI is InChI=1S/C23H28N2O5S/c1-16-12-19-13-18(7-10-22(19)25(16)31(2,27)28)23(26)24-14-17-5-8-20(9-6-17)30-15-21-4-3-11-29-21/h5-10,13,16,21H,3-4,11-12,14-15H2,1-2H3,(H,24,26). The average molecular weight is 445 g/mol. The van der Waals surface area contributed by atoms with Crippen LogP contribution in [0.4, 0.5) is 5.69 Å². The maximum atomic E-state index is 12.6. The highest BCUT2D eigenvalue weighted by molar-refractivity contribution is 7.92. The van der Waals surface area contributed by atoms with Crippen LogP contribution in [0.15, 0.2) is 42.5 Å². The fraction of sp³-hybridized carbons (Fsp3) is 0.435. The molecule has 0 aromatic heterocycles. The number of nitrogens with zero attached hydrogens (tertiary/aromatic N) is 1. The number of amides is 1. The number of nitrogens with one attached hydrogen (secondary N) is 1. The molecule has 4 rings (SSSR count). The van der Waals surface area contributed by atoms with Gasteiger partial charge >= 0.3 is 0 Å². The van der Waals surface area contributed by atoms with Gasteiger partial charge in [-0.2, -0.15) is 0 Å². The van der Waals surface area contributed by atoms with Gasteiger partial charge in [0.15, 0.2) is 0 Å². The Kier molecular flexibility index (Phi) is 6.20. The van der Waals surface area contributed by atoms with Crippen LogP contribution in [-0.4, -0.2) is 45.9 Å². The lowest BCUT2D eigenvalue weighted by molar-refractivity contribution is 0.0679. The van der Waals surface area contributed by atoms with Gasteiger partial charge in [-0.1, -0.05) is 12.1 Å². The zero-order valence-corrected chi connectivity index (χ0v) is 18.7. The predicted molar refractivity (Wildman–Crippen MR) is 119 cm³/mol. The third-order valence-electron chi connectivity index (χ3n) is 5.69. The summed E-state index contributed by atoms with van der Waals surface area (Å²) in [6, 6.07) is 12.7. The monoisotopic (exact) mass is 444 g/mol. The number of benzene rings is 2. The second-order valence-electron chi connectivity index (χ2n) is 8.23. The largest absolute Gasteiger partial charge is 0.491 e. The zero-order valence-electron chi connectivity index (χ0n) is 17.8. The number of anilines is 1. The summed E-state index contributed by atoms with van der Waals surface area (Å²) in [6.45, 7) is 3.64. The first-order valence-corrected chi connectivity index (χ1v) is 12.4. The van der Waals surface area contributed by atoms with Crippen molar-refractivity contribution in [2.45, 2.75) is 44.9 Å². The van der Waals surface area contributed by atoms with E-state index in [0.29, 0.717) is 30.8 Å². The number of carbonyl (C=O) groups excluding carboxylic acids is 1. The van der Waals surface area contributed by atoms with E-state index >= 15 is 0 Å². The lowest BCUT2D eigenvalue weighted by Gasteiger charge is -2.21. The van der Waals surface area contributed by atoms with Crippen LogP contribution in [-0.2, 0) is 27.7 Å². The SMILES string of the molecule is CC1Cc2cc(C(=O)NCc3ccc(OCC4CCCO4)cc3)ccc2N1S(C)(=O)=O. The van der Waals surface area contributed by atoms with E-state index < -0.39 is 10.0 Å². The Balaban J connectivity index is 1.33. The van der Waals surface area contributed by atoms with Crippen molar-refractivity contribution in [2.75, 3.05) is 23.8 Å². The van der Waals surface area contributed by atoms with Gasteiger partial charge in [-0.05, 0) is 67.6 Å². The summed E-state index contributed by atoms with van der Waals surface area (Å²) in [6.07, 6.45) is 4.11. The van der Waals surface area contributed by atoms with Gasteiger partial charge in [-0.25, -0.2) is 8.42 Å². The van der Waals surface area contributed by atoms with Crippen LogP contribution >= 0.6 is 0 Å². The number of fused-ring (bicyclic) bond motifs is 1. The molecule has 7 nitrogen and oxygen atoms in total. The fourth-order valence-electron chi connectivity index (χ4n) is 4.20. The maximum Gasteiger partial charge on any atom is 0.251 e. The number of hydrogen-bond acceptors (Lipinski definition) is 5. The molecule has 0 bridgehead atoms. The number of sulfonamides is 1. The minimum atomic E-state index is -3.34. The van der Waals surface area contributed by atoms with Gasteiger partial charge < -0.3 is 14.8 Å². The summed E-state index contributed by atoms with van der Waals surface area (Å²) in [5.41, 5.74) is 3.03. The summed E-state index contributed by atoms with van der Waals surface area (Å²) < 4.78 is 36.8. The lowest BCUT2D eigenvalue weighted by atomic mass is 10.1. The van der Waals surface area contributed by atoms with Crippen LogP contribution in [0.3, 0.4) is 0 Å². The Hall–Kier alpha value is -2.58. The molecule has 0 aliphatic carbocycles. The molecule has 1 amide bonds. The van der Waals surface area contributed by atoms with Gasteiger partial charge in [0.25, 0.3) is 5.91 Å². The van der Waals surface area contributed by atoms with E-state index in [-0.39, 0.29) is 18.1 Å². The zero-order chi connectivity index (χ0) is 22.0. The second-order valence-corrected chi connectivity index (χ2v) is 10.1. The van der Waals surface area contributed by atoms with Gasteiger partial charge in [0.2, 0.25) is 10.0 Å². The Morgan fingerprint density at radius 3 is 2.68 bits per heavy atom. The third kappa shape index (κ3) is 5.02. The Labute approximate surface area is 183 Å². The van der Waals surface area contributed by atoms with E-state index in [2.05, 4.69) is 5.32 Å². The molecule has 1 N–H and O–H groups in total. The average Bonchev–Trinajstić information content (AvgIpc) is 3.36. The van der Waals surface area contributed by atoms with Crippen LogP contribution in [0.25, 0.3) is 0 Å². The molecule has 2 aromatic rings. The van der Waals surface area contributed by atoms with Crippen molar-refractivity contribution in [3.8, 4) is 5.75 Å². The van der Waals surface area contributed by atoms with Gasteiger partial charge in [0.1, 0.15) is 12.4 Å². The van der Waals surface area contributed by atoms with Gasteiger partial charge in [0.05, 0.1) is 18.0 Å². The van der Waals surface area contributed by atoms with E-state index in [0.717, 1.165) is 36.3 Å². The molecular formula is C23H28N2O5S. The molecule has 31 heavy (non-hydrogen) atoms. The van der Waals surface area contributed by atoms with Gasteiger partial charge in [-0.15, -0.1) is 0 Å². The number of hydrogen-bond donors (Lipinski definition) is 1. The quantitative estimate of drug-likeness (QED) is 0.710. The fourth-order valence-corrected chi connectivity index (χ4v) is 5.47. The van der Waals surface area contributed by atoms with Crippen molar-refractivity contribution in [1.82, 2.24) is 5.32 Å². The summed E-state index contributed by atoms with van der Waals surface area (Å²) in [5, 5.41) is 2.92. The molecule has 1 fully saturated rings. The lowest BCUT2D eigenvalue weighted by Crippen LogP contribution is -2.34. The van der Waals surface area contributed by atoms with Gasteiger partial charge in [-0.3, -0.25) is 9.10 Å². The van der Waals surface area contributed by atoms with E-state index in [1.807, 2.05) is 31.2 Å². The number of carbonyl (C=O) groups is 1. The highest BCUT2D eigenvalue weighted by atomic mass is 32.2. The minimum absolute atomic E-state index is 0.149. The number of ether oxygens (including phenoxy) is 2. The van der Waals surface area contributed by atoms with Gasteiger partial charge in [0, 0.05) is 24.8 Å². The molecule has 2 aliphatic heterocycles. The van der Waals surface area contributed by atoms with Crippen LogP contribution in [0.2, 0.25) is 0 Å².